The van der Waals surface area contributed by atoms with E-state index in [4.69, 9.17) is 10.2 Å². The molecular weight excluding hydrogens is 294 g/mol. The van der Waals surface area contributed by atoms with Gasteiger partial charge in [0, 0.05) is 24.3 Å². The van der Waals surface area contributed by atoms with E-state index >= 15 is 0 Å². The minimum atomic E-state index is 0.0660. The van der Waals surface area contributed by atoms with Crippen LogP contribution in [0.3, 0.4) is 0 Å². The summed E-state index contributed by atoms with van der Waals surface area (Å²) in [7, 11) is 0. The number of nitrogens with one attached hydrogen (secondary N) is 1. The highest BCUT2D eigenvalue weighted by atomic mass is 32.1. The normalized spacial score (nSPS) is 12.5. The van der Waals surface area contributed by atoms with E-state index in [9.17, 15) is 0 Å². The topological polar surface area (TPSA) is 50.1 Å². The Morgan fingerprint density at radius 1 is 1.23 bits per heavy atom. The van der Waals surface area contributed by atoms with Crippen LogP contribution in [-0.4, -0.2) is 27.5 Å². The van der Waals surface area contributed by atoms with E-state index in [-0.39, 0.29) is 12.6 Å². The van der Waals surface area contributed by atoms with E-state index in [2.05, 4.69) is 23.0 Å². The Bertz CT molecular complexity index is 707. The lowest BCUT2D eigenvalue weighted by Crippen LogP contribution is -2.28. The smallest absolute Gasteiger partial charge is 0.107 e. The van der Waals surface area contributed by atoms with Crippen molar-refractivity contribution in [3.8, 4) is 16.3 Å². The van der Waals surface area contributed by atoms with Crippen LogP contribution in [0, 0.1) is 0 Å². The number of benzene rings is 1. The molecule has 1 unspecified atom stereocenters. The van der Waals surface area contributed by atoms with Gasteiger partial charge in [-0.2, -0.15) is 5.10 Å². The molecule has 2 aromatic heterocycles. The Morgan fingerprint density at radius 2 is 2.05 bits per heavy atom. The molecule has 3 rings (SSSR count). The van der Waals surface area contributed by atoms with Gasteiger partial charge in [-0.1, -0.05) is 24.3 Å². The quantitative estimate of drug-likeness (QED) is 0.735. The molecule has 0 radical (unpaired) electrons. The van der Waals surface area contributed by atoms with Crippen molar-refractivity contribution in [2.24, 2.45) is 0 Å². The van der Waals surface area contributed by atoms with Crippen LogP contribution >= 0.6 is 11.3 Å². The third-order valence-corrected chi connectivity index (χ3v) is 4.36. The van der Waals surface area contributed by atoms with Gasteiger partial charge in [-0.15, -0.1) is 11.3 Å². The molecule has 2 N–H and O–H groups in total. The summed E-state index contributed by atoms with van der Waals surface area (Å²) < 4.78 is 1.91. The predicted octanol–water partition coefficient (Wildman–Crippen LogP) is 3.07. The average Bonchev–Trinajstić information content (AvgIpc) is 3.22. The maximum Gasteiger partial charge on any atom is 0.107 e. The summed E-state index contributed by atoms with van der Waals surface area (Å²) in [6, 6.07) is 14.3. The molecule has 0 aliphatic rings. The minimum Gasteiger partial charge on any atom is -0.395 e. The Morgan fingerprint density at radius 3 is 2.73 bits per heavy atom. The Balaban J connectivity index is 1.94. The second kappa shape index (κ2) is 6.87. The first-order chi connectivity index (χ1) is 10.8. The maximum atomic E-state index is 9.17. The fraction of sp³-hybridized carbons (Fsp3) is 0.235. The SMILES string of the molecule is CC(CO)NCc1cn(-c2ccccc2)nc1-c1cccs1. The van der Waals surface area contributed by atoms with Crippen molar-refractivity contribution in [1.82, 2.24) is 15.1 Å². The van der Waals surface area contributed by atoms with E-state index < -0.39 is 0 Å². The molecule has 3 aromatic rings. The van der Waals surface area contributed by atoms with Crippen molar-refractivity contribution in [3.63, 3.8) is 0 Å². The molecule has 0 spiro atoms. The van der Waals surface area contributed by atoms with E-state index in [0.29, 0.717) is 6.54 Å². The zero-order chi connectivity index (χ0) is 15.4. The van der Waals surface area contributed by atoms with Crippen LogP contribution < -0.4 is 5.32 Å². The van der Waals surface area contributed by atoms with Crippen molar-refractivity contribution in [1.29, 1.82) is 0 Å². The number of aliphatic hydroxyl groups is 1. The molecule has 1 atom stereocenters. The molecule has 0 fully saturated rings. The maximum absolute atomic E-state index is 9.17. The summed E-state index contributed by atoms with van der Waals surface area (Å²) in [6.45, 7) is 2.77. The van der Waals surface area contributed by atoms with Gasteiger partial charge in [0.25, 0.3) is 0 Å². The zero-order valence-electron chi connectivity index (χ0n) is 12.4. The summed E-state index contributed by atoms with van der Waals surface area (Å²) >= 11 is 1.69. The number of nitrogens with zero attached hydrogens (tertiary/aromatic N) is 2. The molecule has 2 heterocycles. The molecule has 114 valence electrons. The summed E-state index contributed by atoms with van der Waals surface area (Å²) in [5.74, 6) is 0. The first-order valence-corrected chi connectivity index (χ1v) is 8.18. The summed E-state index contributed by atoms with van der Waals surface area (Å²) in [5.41, 5.74) is 3.17. The molecule has 5 heteroatoms. The Labute approximate surface area is 134 Å². The Kier molecular flexibility index (Phi) is 4.68. The van der Waals surface area contributed by atoms with Crippen LogP contribution in [0.15, 0.2) is 54.0 Å². The molecule has 1 aromatic carbocycles. The second-order valence-electron chi connectivity index (χ2n) is 5.22. The van der Waals surface area contributed by atoms with Gasteiger partial charge in [0.1, 0.15) is 5.69 Å². The number of rotatable bonds is 6. The van der Waals surface area contributed by atoms with Gasteiger partial charge in [-0.3, -0.25) is 0 Å². The van der Waals surface area contributed by atoms with Crippen molar-refractivity contribution in [3.05, 3.63) is 59.6 Å². The first-order valence-electron chi connectivity index (χ1n) is 7.30. The molecule has 0 bridgehead atoms. The van der Waals surface area contributed by atoms with E-state index in [1.807, 2.05) is 48.0 Å². The minimum absolute atomic E-state index is 0.0660. The number of hydrogen-bond donors (Lipinski definition) is 2. The number of para-hydroxylation sites is 1. The van der Waals surface area contributed by atoms with E-state index in [1.54, 1.807) is 11.3 Å². The van der Waals surface area contributed by atoms with Gasteiger partial charge >= 0.3 is 0 Å². The van der Waals surface area contributed by atoms with Crippen molar-refractivity contribution < 1.29 is 5.11 Å². The van der Waals surface area contributed by atoms with Gasteiger partial charge in [-0.25, -0.2) is 4.68 Å². The third-order valence-electron chi connectivity index (χ3n) is 3.48. The molecule has 0 saturated heterocycles. The molecule has 22 heavy (non-hydrogen) atoms. The molecule has 0 aliphatic heterocycles. The number of hydrogen-bond acceptors (Lipinski definition) is 4. The summed E-state index contributed by atoms with van der Waals surface area (Å²) in [6.07, 6.45) is 2.06. The van der Waals surface area contributed by atoms with Gasteiger partial charge in [-0.05, 0) is 30.5 Å². The first kappa shape index (κ1) is 15.0. The van der Waals surface area contributed by atoms with E-state index in [0.717, 1.165) is 21.8 Å². The lowest BCUT2D eigenvalue weighted by Gasteiger charge is -2.09. The van der Waals surface area contributed by atoms with Crippen LogP contribution in [0.2, 0.25) is 0 Å². The molecule has 0 aliphatic carbocycles. The predicted molar refractivity (Wildman–Crippen MR) is 90.3 cm³/mol. The summed E-state index contributed by atoms with van der Waals surface area (Å²) in [4.78, 5) is 1.16. The van der Waals surface area contributed by atoms with Crippen LogP contribution in [-0.2, 0) is 6.54 Å². The highest BCUT2D eigenvalue weighted by Gasteiger charge is 2.13. The molecular formula is C17H19N3OS. The third kappa shape index (κ3) is 3.27. The number of aliphatic hydroxyl groups excluding tert-OH is 1. The standard InChI is InChI=1S/C17H19N3OS/c1-13(12-21)18-10-14-11-20(15-6-3-2-4-7-15)19-17(14)16-8-5-9-22-16/h2-9,11,13,18,21H,10,12H2,1H3. The molecule has 0 saturated carbocycles. The highest BCUT2D eigenvalue weighted by Crippen LogP contribution is 2.27. The van der Waals surface area contributed by atoms with Gasteiger partial charge < -0.3 is 10.4 Å². The largest absolute Gasteiger partial charge is 0.395 e. The van der Waals surface area contributed by atoms with Crippen LogP contribution in [0.25, 0.3) is 16.3 Å². The van der Waals surface area contributed by atoms with Crippen molar-refractivity contribution in [2.75, 3.05) is 6.61 Å². The fourth-order valence-electron chi connectivity index (χ4n) is 2.22. The van der Waals surface area contributed by atoms with Crippen molar-refractivity contribution in [2.45, 2.75) is 19.5 Å². The zero-order valence-corrected chi connectivity index (χ0v) is 13.3. The Hall–Kier alpha value is -1.95. The second-order valence-corrected chi connectivity index (χ2v) is 6.17. The van der Waals surface area contributed by atoms with Crippen LogP contribution in [0.4, 0.5) is 0 Å². The monoisotopic (exact) mass is 313 g/mol. The van der Waals surface area contributed by atoms with Crippen LogP contribution in [0.1, 0.15) is 12.5 Å². The van der Waals surface area contributed by atoms with E-state index in [1.165, 1.54) is 0 Å². The van der Waals surface area contributed by atoms with Gasteiger partial charge in [0.05, 0.1) is 17.2 Å². The molecule has 0 amide bonds. The van der Waals surface area contributed by atoms with Crippen LogP contribution in [0.5, 0.6) is 0 Å². The lowest BCUT2D eigenvalue weighted by molar-refractivity contribution is 0.251. The lowest BCUT2D eigenvalue weighted by atomic mass is 10.2. The van der Waals surface area contributed by atoms with Gasteiger partial charge in [0.15, 0.2) is 0 Å². The summed E-state index contributed by atoms with van der Waals surface area (Å²) in [5, 5.41) is 19.3. The number of thiophene rings is 1. The van der Waals surface area contributed by atoms with Gasteiger partial charge in [0.2, 0.25) is 0 Å². The highest BCUT2D eigenvalue weighted by molar-refractivity contribution is 7.13. The fourth-order valence-corrected chi connectivity index (χ4v) is 2.97. The van der Waals surface area contributed by atoms with Crippen molar-refractivity contribution >= 4 is 11.3 Å². The molecule has 4 nitrogen and oxygen atoms in total. The number of aromatic nitrogens is 2. The average molecular weight is 313 g/mol.